The molecule has 2 heterocycles. The fourth-order valence-electron chi connectivity index (χ4n) is 3.48. The summed E-state index contributed by atoms with van der Waals surface area (Å²) in [5, 5.41) is 17.1. The number of aliphatic hydroxyl groups is 1. The fourth-order valence-corrected chi connectivity index (χ4v) is 3.48. The van der Waals surface area contributed by atoms with Crippen LogP contribution in [0.3, 0.4) is 0 Å². The summed E-state index contributed by atoms with van der Waals surface area (Å²) in [6.07, 6.45) is 3.02. The third-order valence-electron chi connectivity index (χ3n) is 5.12. The quantitative estimate of drug-likeness (QED) is 0.519. The number of rotatable bonds is 5. The lowest BCUT2D eigenvalue weighted by atomic mass is 10.1. The number of nitrogens with one attached hydrogen (secondary N) is 1. The van der Waals surface area contributed by atoms with Crippen LogP contribution in [-0.2, 0) is 17.9 Å². The van der Waals surface area contributed by atoms with Gasteiger partial charge in [-0.3, -0.25) is 9.59 Å². The number of aromatic nitrogens is 3. The van der Waals surface area contributed by atoms with E-state index in [-0.39, 0.29) is 18.0 Å². The largest absolute Gasteiger partial charge is 0.392 e. The number of carbonyl (C=O) groups excluding carboxylic acids is 1. The minimum atomic E-state index is -0.455. The van der Waals surface area contributed by atoms with Gasteiger partial charge >= 0.3 is 0 Å². The second-order valence-electron chi connectivity index (χ2n) is 7.38. The Bertz CT molecular complexity index is 1340. The normalized spacial score (nSPS) is 11.1. The van der Waals surface area contributed by atoms with Gasteiger partial charge in [0.25, 0.3) is 5.56 Å². The maximum atomic E-state index is 13.3. The first-order chi connectivity index (χ1) is 14.9. The standard InChI is InChI=1S/C23H21FN4O3/c1-14-3-4-15(2)19(11-14)25-20(30)12-27-9-10-28-22(23(27)31)18(13-29)21(26-28)16-5-7-17(24)8-6-16/h3-11,29H,12-13H2,1-2H3,(H,25,30). The van der Waals surface area contributed by atoms with E-state index in [0.717, 1.165) is 11.1 Å². The number of hydrogen-bond acceptors (Lipinski definition) is 4. The monoisotopic (exact) mass is 420 g/mol. The Kier molecular flexibility index (Phi) is 5.39. The molecule has 8 heteroatoms. The Hall–Kier alpha value is -3.78. The van der Waals surface area contributed by atoms with Crippen molar-refractivity contribution in [1.82, 2.24) is 14.2 Å². The molecule has 4 rings (SSSR count). The molecule has 7 nitrogen and oxygen atoms in total. The molecule has 0 atom stereocenters. The molecule has 0 unspecified atom stereocenters. The third-order valence-corrected chi connectivity index (χ3v) is 5.12. The second-order valence-corrected chi connectivity index (χ2v) is 7.38. The number of anilines is 1. The van der Waals surface area contributed by atoms with Gasteiger partial charge in [-0.2, -0.15) is 5.10 Å². The molecule has 1 amide bonds. The zero-order valence-electron chi connectivity index (χ0n) is 17.1. The van der Waals surface area contributed by atoms with Crippen LogP contribution in [-0.4, -0.2) is 25.2 Å². The van der Waals surface area contributed by atoms with Crippen LogP contribution in [0.5, 0.6) is 0 Å². The zero-order valence-corrected chi connectivity index (χ0v) is 17.1. The highest BCUT2D eigenvalue weighted by molar-refractivity contribution is 5.91. The SMILES string of the molecule is Cc1ccc(C)c(NC(=O)Cn2ccn3nc(-c4ccc(F)cc4)c(CO)c3c2=O)c1. The molecule has 0 aliphatic rings. The molecular formula is C23H21FN4O3. The zero-order chi connectivity index (χ0) is 22.1. The molecule has 0 aliphatic heterocycles. The molecule has 0 spiro atoms. The van der Waals surface area contributed by atoms with E-state index in [9.17, 15) is 19.1 Å². The summed E-state index contributed by atoms with van der Waals surface area (Å²) in [6, 6.07) is 11.4. The maximum absolute atomic E-state index is 13.3. The van der Waals surface area contributed by atoms with Gasteiger partial charge in [-0.15, -0.1) is 0 Å². The molecule has 158 valence electrons. The van der Waals surface area contributed by atoms with Crippen molar-refractivity contribution in [1.29, 1.82) is 0 Å². The number of amides is 1. The maximum Gasteiger partial charge on any atom is 0.277 e. The van der Waals surface area contributed by atoms with Crippen LogP contribution >= 0.6 is 0 Å². The highest BCUT2D eigenvalue weighted by Crippen LogP contribution is 2.25. The van der Waals surface area contributed by atoms with Crippen LogP contribution in [0, 0.1) is 19.7 Å². The smallest absolute Gasteiger partial charge is 0.277 e. The highest BCUT2D eigenvalue weighted by Gasteiger charge is 2.18. The van der Waals surface area contributed by atoms with Crippen molar-refractivity contribution < 1.29 is 14.3 Å². The second kappa shape index (κ2) is 8.16. The van der Waals surface area contributed by atoms with Crippen molar-refractivity contribution in [3.63, 3.8) is 0 Å². The lowest BCUT2D eigenvalue weighted by Gasteiger charge is -2.11. The average molecular weight is 420 g/mol. The molecule has 0 saturated heterocycles. The van der Waals surface area contributed by atoms with Crippen molar-refractivity contribution in [2.75, 3.05) is 5.32 Å². The Morgan fingerprint density at radius 2 is 1.87 bits per heavy atom. The fraction of sp³-hybridized carbons (Fsp3) is 0.174. The molecule has 2 aromatic carbocycles. The lowest BCUT2D eigenvalue weighted by Crippen LogP contribution is -2.28. The molecule has 0 bridgehead atoms. The lowest BCUT2D eigenvalue weighted by molar-refractivity contribution is -0.116. The average Bonchev–Trinajstić information content (AvgIpc) is 3.12. The number of aryl methyl sites for hydroxylation is 2. The number of aliphatic hydroxyl groups excluding tert-OH is 1. The number of fused-ring (bicyclic) bond motifs is 1. The summed E-state index contributed by atoms with van der Waals surface area (Å²) in [5.74, 6) is -0.737. The predicted octanol–water partition coefficient (Wildman–Crippen LogP) is 3.05. The Morgan fingerprint density at radius 3 is 2.58 bits per heavy atom. The summed E-state index contributed by atoms with van der Waals surface area (Å²) in [6.45, 7) is 3.21. The summed E-state index contributed by atoms with van der Waals surface area (Å²) >= 11 is 0. The number of halogens is 1. The molecule has 2 aromatic heterocycles. The first-order valence-corrected chi connectivity index (χ1v) is 9.72. The van der Waals surface area contributed by atoms with Gasteiger partial charge in [0.2, 0.25) is 5.91 Å². The number of benzene rings is 2. The third kappa shape index (κ3) is 3.97. The minimum absolute atomic E-state index is 0.170. The van der Waals surface area contributed by atoms with Gasteiger partial charge in [-0.05, 0) is 55.3 Å². The van der Waals surface area contributed by atoms with Crippen molar-refractivity contribution in [3.05, 3.63) is 87.7 Å². The van der Waals surface area contributed by atoms with E-state index < -0.39 is 18.0 Å². The summed E-state index contributed by atoms with van der Waals surface area (Å²) < 4.78 is 15.9. The van der Waals surface area contributed by atoms with E-state index in [2.05, 4.69) is 10.4 Å². The first kappa shape index (κ1) is 20.5. The van der Waals surface area contributed by atoms with Gasteiger partial charge in [0.1, 0.15) is 17.9 Å². The van der Waals surface area contributed by atoms with Crippen LogP contribution in [0.25, 0.3) is 16.8 Å². The van der Waals surface area contributed by atoms with Crippen LogP contribution in [0.1, 0.15) is 16.7 Å². The number of carbonyl (C=O) groups is 1. The predicted molar refractivity (Wildman–Crippen MR) is 115 cm³/mol. The molecule has 2 N–H and O–H groups in total. The summed E-state index contributed by atoms with van der Waals surface area (Å²) in [4.78, 5) is 25.6. The molecule has 0 saturated carbocycles. The molecule has 0 aliphatic carbocycles. The van der Waals surface area contributed by atoms with Crippen LogP contribution in [0.4, 0.5) is 10.1 Å². The van der Waals surface area contributed by atoms with E-state index in [1.165, 1.54) is 39.5 Å². The summed E-state index contributed by atoms with van der Waals surface area (Å²) in [5.41, 5.74) is 3.63. The van der Waals surface area contributed by atoms with Gasteiger partial charge in [-0.25, -0.2) is 8.91 Å². The summed E-state index contributed by atoms with van der Waals surface area (Å²) in [7, 11) is 0. The van der Waals surface area contributed by atoms with E-state index in [1.807, 2.05) is 32.0 Å². The topological polar surface area (TPSA) is 88.6 Å². The van der Waals surface area contributed by atoms with Crippen molar-refractivity contribution >= 4 is 17.1 Å². The van der Waals surface area contributed by atoms with E-state index in [1.54, 1.807) is 6.20 Å². The molecule has 4 aromatic rings. The Morgan fingerprint density at radius 1 is 1.13 bits per heavy atom. The number of hydrogen-bond donors (Lipinski definition) is 2. The van der Waals surface area contributed by atoms with Crippen molar-refractivity contribution in [3.8, 4) is 11.3 Å². The van der Waals surface area contributed by atoms with Gasteiger partial charge < -0.3 is 15.0 Å². The minimum Gasteiger partial charge on any atom is -0.392 e. The van der Waals surface area contributed by atoms with Crippen LogP contribution in [0.2, 0.25) is 0 Å². The van der Waals surface area contributed by atoms with Gasteiger partial charge in [-0.1, -0.05) is 12.1 Å². The molecule has 0 radical (unpaired) electrons. The van der Waals surface area contributed by atoms with Gasteiger partial charge in [0.15, 0.2) is 0 Å². The Labute approximate surface area is 177 Å². The molecular weight excluding hydrogens is 399 g/mol. The Balaban J connectivity index is 1.69. The van der Waals surface area contributed by atoms with E-state index in [4.69, 9.17) is 0 Å². The van der Waals surface area contributed by atoms with Crippen LogP contribution < -0.4 is 10.9 Å². The van der Waals surface area contributed by atoms with Gasteiger partial charge in [0, 0.05) is 29.2 Å². The van der Waals surface area contributed by atoms with E-state index >= 15 is 0 Å². The van der Waals surface area contributed by atoms with Crippen molar-refractivity contribution in [2.45, 2.75) is 27.0 Å². The van der Waals surface area contributed by atoms with Crippen LogP contribution in [0.15, 0.2) is 59.7 Å². The van der Waals surface area contributed by atoms with E-state index in [0.29, 0.717) is 22.5 Å². The van der Waals surface area contributed by atoms with Crippen molar-refractivity contribution in [2.24, 2.45) is 0 Å². The van der Waals surface area contributed by atoms with Gasteiger partial charge in [0.05, 0.1) is 12.3 Å². The molecule has 31 heavy (non-hydrogen) atoms. The first-order valence-electron chi connectivity index (χ1n) is 9.72. The number of nitrogens with zero attached hydrogens (tertiary/aromatic N) is 3. The highest BCUT2D eigenvalue weighted by atomic mass is 19.1. The molecule has 0 fully saturated rings.